The summed E-state index contributed by atoms with van der Waals surface area (Å²) in [6.07, 6.45) is 43.5. The van der Waals surface area contributed by atoms with Gasteiger partial charge < -0.3 is 9.32 Å². The number of hydrogen-bond acceptors (Lipinski definition) is 2. The number of para-hydroxylation sites is 2. The molecule has 0 bridgehead atoms. The van der Waals surface area contributed by atoms with Gasteiger partial charge >= 0.3 is 0 Å². The van der Waals surface area contributed by atoms with Crippen LogP contribution in [-0.2, 0) is 0 Å². The smallest absolute Gasteiger partial charge is 0.142 e. The van der Waals surface area contributed by atoms with Gasteiger partial charge in [-0.25, -0.2) is 0 Å². The van der Waals surface area contributed by atoms with E-state index in [9.17, 15) is 0 Å². The fraction of sp³-hybridized carbons (Fsp3) is 0.276. The number of furan rings is 1. The van der Waals surface area contributed by atoms with E-state index in [2.05, 4.69) is 197 Å². The zero-order valence-corrected chi connectivity index (χ0v) is 36.4. The normalized spacial score (nSPS) is 20.2. The lowest BCUT2D eigenvalue weighted by molar-refractivity contribution is 0.654. The first kappa shape index (κ1) is 40.9. The molecule has 3 aromatic carbocycles. The summed E-state index contributed by atoms with van der Waals surface area (Å²) in [5.74, 6) is 0.867. The Bertz CT molecular complexity index is 2610. The van der Waals surface area contributed by atoms with E-state index in [0.717, 1.165) is 62.7 Å². The highest BCUT2D eigenvalue weighted by atomic mass is 16.3. The molecule has 4 aliphatic carbocycles. The summed E-state index contributed by atoms with van der Waals surface area (Å²) >= 11 is 0. The Morgan fingerprint density at radius 2 is 1.67 bits per heavy atom. The van der Waals surface area contributed by atoms with Crippen LogP contribution in [0.2, 0.25) is 0 Å². The zero-order valence-electron chi connectivity index (χ0n) is 36.4. The van der Waals surface area contributed by atoms with Gasteiger partial charge in [-0.15, -0.1) is 0 Å². The predicted molar refractivity (Wildman–Crippen MR) is 259 cm³/mol. The van der Waals surface area contributed by atoms with Crippen LogP contribution in [0.5, 0.6) is 0 Å². The molecule has 1 heterocycles. The Hall–Kier alpha value is -5.86. The van der Waals surface area contributed by atoms with Crippen molar-refractivity contribution < 1.29 is 4.42 Å². The van der Waals surface area contributed by atoms with Gasteiger partial charge in [-0.2, -0.15) is 0 Å². The van der Waals surface area contributed by atoms with Crippen molar-refractivity contribution in [2.75, 3.05) is 11.4 Å². The first-order valence-corrected chi connectivity index (χ1v) is 22.5. The molecule has 0 fully saturated rings. The summed E-state index contributed by atoms with van der Waals surface area (Å²) in [6, 6.07) is 24.3. The molecule has 0 N–H and O–H groups in total. The van der Waals surface area contributed by atoms with Crippen molar-refractivity contribution in [3.05, 3.63) is 214 Å². The van der Waals surface area contributed by atoms with Crippen molar-refractivity contribution in [3.8, 4) is 0 Å². The summed E-state index contributed by atoms with van der Waals surface area (Å²) in [5, 5.41) is 2.36. The molecule has 0 saturated carbocycles. The fourth-order valence-electron chi connectivity index (χ4n) is 9.78. The molecule has 60 heavy (non-hydrogen) atoms. The van der Waals surface area contributed by atoms with Crippen molar-refractivity contribution in [1.29, 1.82) is 0 Å². The molecular formula is C58H61NO. The maximum atomic E-state index is 6.47. The molecule has 4 aliphatic rings. The Balaban J connectivity index is 1.09. The molecule has 0 aliphatic heterocycles. The van der Waals surface area contributed by atoms with Gasteiger partial charge in [0.1, 0.15) is 11.2 Å². The molecule has 2 unspecified atom stereocenters. The van der Waals surface area contributed by atoms with Crippen LogP contribution in [0.4, 0.5) is 5.69 Å². The minimum atomic E-state index is 0.375. The van der Waals surface area contributed by atoms with Gasteiger partial charge in [0.15, 0.2) is 0 Å². The lowest BCUT2D eigenvalue weighted by Crippen LogP contribution is -2.23. The van der Waals surface area contributed by atoms with E-state index in [-0.39, 0.29) is 0 Å². The van der Waals surface area contributed by atoms with Crippen molar-refractivity contribution >= 4 is 33.2 Å². The maximum absolute atomic E-state index is 6.47. The van der Waals surface area contributed by atoms with Crippen molar-refractivity contribution in [1.82, 2.24) is 0 Å². The fourth-order valence-corrected chi connectivity index (χ4v) is 9.78. The van der Waals surface area contributed by atoms with Crippen LogP contribution in [0.1, 0.15) is 103 Å². The average molecular weight is 788 g/mol. The first-order valence-electron chi connectivity index (χ1n) is 22.5. The molecular weight excluding hydrogens is 727 g/mol. The van der Waals surface area contributed by atoms with Gasteiger partial charge in [0.2, 0.25) is 0 Å². The SMILES string of the molecule is C/C=C\C(=C/C)C1=CCC(c2ccc(N(C/C=C\C(=C/CC)C3=C(C)C(C4=C(CC)C=CCC4)CC=C3)C3=CC=C(c4cccc5c4oc4ccccc45)CC3)cc2)C=C1. The number of fused-ring (bicyclic) bond motifs is 3. The monoisotopic (exact) mass is 787 g/mol. The van der Waals surface area contributed by atoms with Crippen molar-refractivity contribution in [2.45, 2.75) is 91.9 Å². The van der Waals surface area contributed by atoms with E-state index in [1.54, 1.807) is 11.1 Å². The number of rotatable bonds is 13. The second-order valence-electron chi connectivity index (χ2n) is 16.5. The first-order chi connectivity index (χ1) is 29.5. The molecule has 2 atom stereocenters. The highest BCUT2D eigenvalue weighted by Gasteiger charge is 2.25. The topological polar surface area (TPSA) is 16.4 Å². The lowest BCUT2D eigenvalue weighted by Gasteiger charge is -2.30. The third-order valence-corrected chi connectivity index (χ3v) is 13.0. The van der Waals surface area contributed by atoms with Gasteiger partial charge in [-0.05, 0) is 135 Å². The number of allylic oxidation sites excluding steroid dienone is 23. The molecule has 0 radical (unpaired) electrons. The molecule has 0 spiro atoms. The van der Waals surface area contributed by atoms with Gasteiger partial charge in [-0.1, -0.05) is 159 Å². The minimum Gasteiger partial charge on any atom is -0.455 e. The summed E-state index contributed by atoms with van der Waals surface area (Å²) in [7, 11) is 0. The van der Waals surface area contributed by atoms with E-state index in [1.807, 2.05) is 0 Å². The third-order valence-electron chi connectivity index (χ3n) is 13.0. The van der Waals surface area contributed by atoms with Crippen LogP contribution < -0.4 is 4.90 Å². The summed E-state index contributed by atoms with van der Waals surface area (Å²) in [4.78, 5) is 2.52. The Morgan fingerprint density at radius 1 is 0.817 bits per heavy atom. The van der Waals surface area contributed by atoms with Crippen molar-refractivity contribution in [3.63, 3.8) is 0 Å². The molecule has 0 amide bonds. The van der Waals surface area contributed by atoms with Crippen LogP contribution in [0.15, 0.2) is 207 Å². The van der Waals surface area contributed by atoms with E-state index in [0.29, 0.717) is 11.8 Å². The predicted octanol–water partition coefficient (Wildman–Crippen LogP) is 16.5. The molecule has 2 heteroatoms. The molecule has 0 saturated heterocycles. The second-order valence-corrected chi connectivity index (χ2v) is 16.5. The van der Waals surface area contributed by atoms with Crippen LogP contribution in [0, 0.1) is 5.92 Å². The Labute approximate surface area is 359 Å². The Morgan fingerprint density at radius 3 is 2.42 bits per heavy atom. The van der Waals surface area contributed by atoms with Gasteiger partial charge in [0.25, 0.3) is 0 Å². The summed E-state index contributed by atoms with van der Waals surface area (Å²) in [6.45, 7) is 11.9. The molecule has 4 aromatic rings. The van der Waals surface area contributed by atoms with E-state index < -0.39 is 0 Å². The highest BCUT2D eigenvalue weighted by molar-refractivity contribution is 6.08. The van der Waals surface area contributed by atoms with E-state index in [4.69, 9.17) is 4.42 Å². The molecule has 1 aromatic heterocycles. The molecule has 8 rings (SSSR count). The quantitative estimate of drug-likeness (QED) is 0.126. The van der Waals surface area contributed by atoms with Gasteiger partial charge in [0.05, 0.1) is 0 Å². The van der Waals surface area contributed by atoms with Crippen LogP contribution >= 0.6 is 0 Å². The van der Waals surface area contributed by atoms with Crippen LogP contribution in [-0.4, -0.2) is 6.54 Å². The van der Waals surface area contributed by atoms with Crippen LogP contribution in [0.3, 0.4) is 0 Å². The Kier molecular flexibility index (Phi) is 13.0. The number of anilines is 1. The van der Waals surface area contributed by atoms with Gasteiger partial charge in [-0.3, -0.25) is 0 Å². The summed E-state index contributed by atoms with van der Waals surface area (Å²) < 4.78 is 6.47. The lowest BCUT2D eigenvalue weighted by atomic mass is 9.76. The number of nitrogens with zero attached hydrogens (tertiary/aromatic N) is 1. The van der Waals surface area contributed by atoms with Gasteiger partial charge in [0, 0.05) is 46.1 Å². The third kappa shape index (κ3) is 8.57. The average Bonchev–Trinajstić information content (AvgIpc) is 3.69. The standard InChI is InChI=1S/C58H61NO/c1-6-17-42(8-3)44-28-30-45(31-29-44)46-32-36-49(37-33-46)59(50-38-34-48(35-39-50)54-25-15-26-56-55-22-12-13-27-57(55)60-58(54)56)40-16-20-47(18-7-2)51-23-14-24-52(41(51)5)53-21-11-10-19-43(53)9-4/h6,8,10,12-20,22-23,25-30,32-34,36-38,45,52H,7,9,11,21,24,31,35,39-40H2,1-5H3/b17-6-,20-16-,42-8+,47-18+. The molecule has 2 nitrogen and oxygen atoms in total. The largest absolute Gasteiger partial charge is 0.455 e. The van der Waals surface area contributed by atoms with Crippen LogP contribution in [0.25, 0.3) is 27.5 Å². The number of hydrogen-bond donors (Lipinski definition) is 0. The number of benzene rings is 3. The van der Waals surface area contributed by atoms with E-state index in [1.165, 1.54) is 73.1 Å². The second kappa shape index (κ2) is 19.0. The maximum Gasteiger partial charge on any atom is 0.142 e. The van der Waals surface area contributed by atoms with E-state index >= 15 is 0 Å². The minimum absolute atomic E-state index is 0.375. The molecule has 304 valence electrons. The van der Waals surface area contributed by atoms with Crippen molar-refractivity contribution in [2.24, 2.45) is 5.92 Å². The highest BCUT2D eigenvalue weighted by Crippen LogP contribution is 2.41. The zero-order chi connectivity index (χ0) is 41.4. The summed E-state index contributed by atoms with van der Waals surface area (Å²) in [5.41, 5.74) is 18.4.